The van der Waals surface area contributed by atoms with Crippen LogP contribution in [-0.4, -0.2) is 11.1 Å². The number of hydrogen-bond acceptors (Lipinski definition) is 1. The Hall–Kier alpha value is -0.790. The van der Waals surface area contributed by atoms with Crippen molar-refractivity contribution in [1.29, 1.82) is 0 Å². The second-order valence-electron chi connectivity index (χ2n) is 4.33. The number of hydrogen-bond donors (Lipinski definition) is 1. The van der Waals surface area contributed by atoms with E-state index in [4.69, 9.17) is 5.11 Å². The zero-order chi connectivity index (χ0) is 12.1. The first-order valence-electron chi connectivity index (χ1n) is 6.60. The molecule has 0 aromatic heterocycles. The highest BCUT2D eigenvalue weighted by molar-refractivity contribution is 5.66. The molecule has 0 aliphatic heterocycles. The van der Waals surface area contributed by atoms with Crippen molar-refractivity contribution in [2.24, 2.45) is 0 Å². The van der Waals surface area contributed by atoms with Gasteiger partial charge in [-0.2, -0.15) is 0 Å². The maximum absolute atomic E-state index is 10.3. The number of carboxylic acids is 1. The maximum atomic E-state index is 10.3. The third kappa shape index (κ3) is 13.2. The van der Waals surface area contributed by atoms with Gasteiger partial charge in [-0.1, -0.05) is 50.7 Å². The molecule has 0 aromatic carbocycles. The van der Waals surface area contributed by atoms with Crippen molar-refractivity contribution in [1.82, 2.24) is 0 Å². The molecule has 0 aliphatic carbocycles. The standard InChI is InChI=1S/C14H26O2/c1-2-3-4-5-6-7-8-9-10-11-12-13-14(15)16/h2-3H,4-13H2,1H3,(H,15,16)/b3-2+. The van der Waals surface area contributed by atoms with Crippen LogP contribution in [0.25, 0.3) is 0 Å². The van der Waals surface area contributed by atoms with Gasteiger partial charge >= 0.3 is 5.97 Å². The fourth-order valence-corrected chi connectivity index (χ4v) is 1.77. The fraction of sp³-hybridized carbons (Fsp3) is 0.786. The molecule has 94 valence electrons. The van der Waals surface area contributed by atoms with Gasteiger partial charge in [0.15, 0.2) is 0 Å². The van der Waals surface area contributed by atoms with Gasteiger partial charge in [-0.25, -0.2) is 0 Å². The van der Waals surface area contributed by atoms with Crippen LogP contribution in [-0.2, 0) is 4.79 Å². The number of carboxylic acid groups (broad SMARTS) is 1. The summed E-state index contributed by atoms with van der Waals surface area (Å²) in [6.07, 6.45) is 15.6. The van der Waals surface area contributed by atoms with Crippen molar-refractivity contribution >= 4 is 5.97 Å². The Morgan fingerprint density at radius 1 is 0.938 bits per heavy atom. The minimum Gasteiger partial charge on any atom is -0.481 e. The van der Waals surface area contributed by atoms with Crippen LogP contribution in [0.2, 0.25) is 0 Å². The van der Waals surface area contributed by atoms with Crippen LogP contribution in [0.15, 0.2) is 12.2 Å². The monoisotopic (exact) mass is 226 g/mol. The van der Waals surface area contributed by atoms with Gasteiger partial charge in [0.25, 0.3) is 0 Å². The van der Waals surface area contributed by atoms with E-state index in [0.29, 0.717) is 6.42 Å². The molecule has 0 fully saturated rings. The zero-order valence-electron chi connectivity index (χ0n) is 10.6. The van der Waals surface area contributed by atoms with E-state index in [1.54, 1.807) is 0 Å². The van der Waals surface area contributed by atoms with E-state index in [1.165, 1.54) is 44.9 Å². The Bertz CT molecular complexity index is 185. The first-order chi connectivity index (χ1) is 7.77. The SMILES string of the molecule is C/C=C/CCCCCCCCCCC(=O)O. The minimum atomic E-state index is -0.663. The predicted octanol–water partition coefficient (Wildman–Crippen LogP) is 4.55. The molecule has 0 bridgehead atoms. The molecular weight excluding hydrogens is 200 g/mol. The molecule has 2 nitrogen and oxygen atoms in total. The van der Waals surface area contributed by atoms with Crippen molar-refractivity contribution < 1.29 is 9.90 Å². The lowest BCUT2D eigenvalue weighted by Crippen LogP contribution is -1.93. The number of aliphatic carboxylic acids is 1. The molecule has 2 heteroatoms. The summed E-state index contributed by atoms with van der Waals surface area (Å²) < 4.78 is 0. The Balaban J connectivity index is 2.96. The van der Waals surface area contributed by atoms with Crippen molar-refractivity contribution in [2.45, 2.75) is 71.1 Å². The van der Waals surface area contributed by atoms with Crippen LogP contribution in [0.4, 0.5) is 0 Å². The van der Waals surface area contributed by atoms with E-state index >= 15 is 0 Å². The van der Waals surface area contributed by atoms with Gasteiger partial charge in [0.05, 0.1) is 0 Å². The first-order valence-corrected chi connectivity index (χ1v) is 6.60. The molecule has 0 aromatic rings. The highest BCUT2D eigenvalue weighted by Gasteiger charge is 1.96. The highest BCUT2D eigenvalue weighted by atomic mass is 16.4. The topological polar surface area (TPSA) is 37.3 Å². The summed E-state index contributed by atoms with van der Waals surface area (Å²) in [5, 5.41) is 8.45. The Kier molecular flexibility index (Phi) is 11.7. The average Bonchev–Trinajstić information content (AvgIpc) is 2.25. The Morgan fingerprint density at radius 2 is 1.44 bits per heavy atom. The summed E-state index contributed by atoms with van der Waals surface area (Å²) in [6.45, 7) is 2.07. The third-order valence-corrected chi connectivity index (χ3v) is 2.75. The number of rotatable bonds is 11. The third-order valence-electron chi connectivity index (χ3n) is 2.75. The van der Waals surface area contributed by atoms with Crippen LogP contribution in [0.5, 0.6) is 0 Å². The first kappa shape index (κ1) is 15.2. The average molecular weight is 226 g/mol. The molecule has 0 saturated carbocycles. The quantitative estimate of drug-likeness (QED) is 0.414. The molecule has 16 heavy (non-hydrogen) atoms. The van der Waals surface area contributed by atoms with Crippen LogP contribution in [0, 0.1) is 0 Å². The van der Waals surface area contributed by atoms with E-state index < -0.39 is 5.97 Å². The highest BCUT2D eigenvalue weighted by Crippen LogP contribution is 2.10. The van der Waals surface area contributed by atoms with Crippen molar-refractivity contribution in [2.75, 3.05) is 0 Å². The lowest BCUT2D eigenvalue weighted by atomic mass is 10.1. The van der Waals surface area contributed by atoms with E-state index in [-0.39, 0.29) is 0 Å². The summed E-state index contributed by atoms with van der Waals surface area (Å²) in [5.74, 6) is -0.663. The van der Waals surface area contributed by atoms with Crippen LogP contribution in [0.1, 0.15) is 71.1 Å². The van der Waals surface area contributed by atoms with Crippen molar-refractivity contribution in [3.63, 3.8) is 0 Å². The van der Waals surface area contributed by atoms with Gasteiger partial charge in [-0.15, -0.1) is 0 Å². The molecule has 0 atom stereocenters. The van der Waals surface area contributed by atoms with Crippen molar-refractivity contribution in [3.05, 3.63) is 12.2 Å². The van der Waals surface area contributed by atoms with Gasteiger partial charge in [-0.05, 0) is 26.2 Å². The molecular formula is C14H26O2. The molecule has 0 heterocycles. The van der Waals surface area contributed by atoms with Crippen LogP contribution in [0.3, 0.4) is 0 Å². The van der Waals surface area contributed by atoms with Gasteiger partial charge in [0, 0.05) is 6.42 Å². The van der Waals surface area contributed by atoms with Gasteiger partial charge < -0.3 is 5.11 Å². The largest absolute Gasteiger partial charge is 0.481 e. The summed E-state index contributed by atoms with van der Waals surface area (Å²) >= 11 is 0. The molecule has 0 unspecified atom stereocenters. The molecule has 1 N–H and O–H groups in total. The van der Waals surface area contributed by atoms with Gasteiger partial charge in [-0.3, -0.25) is 4.79 Å². The summed E-state index contributed by atoms with van der Waals surface area (Å²) in [4.78, 5) is 10.3. The lowest BCUT2D eigenvalue weighted by molar-refractivity contribution is -0.137. The fourth-order valence-electron chi connectivity index (χ4n) is 1.77. The van der Waals surface area contributed by atoms with Crippen LogP contribution >= 0.6 is 0 Å². The lowest BCUT2D eigenvalue weighted by Gasteiger charge is -2.00. The molecule has 0 amide bonds. The smallest absolute Gasteiger partial charge is 0.303 e. The Morgan fingerprint density at radius 3 is 1.94 bits per heavy atom. The second kappa shape index (κ2) is 12.3. The predicted molar refractivity (Wildman–Crippen MR) is 68.6 cm³/mol. The molecule has 0 rings (SSSR count). The summed E-state index contributed by atoms with van der Waals surface area (Å²) in [6, 6.07) is 0. The summed E-state index contributed by atoms with van der Waals surface area (Å²) in [7, 11) is 0. The molecule has 0 aliphatic rings. The number of carbonyl (C=O) groups is 1. The van der Waals surface area contributed by atoms with Gasteiger partial charge in [0.1, 0.15) is 0 Å². The van der Waals surface area contributed by atoms with E-state index in [9.17, 15) is 4.79 Å². The van der Waals surface area contributed by atoms with Crippen molar-refractivity contribution in [3.8, 4) is 0 Å². The van der Waals surface area contributed by atoms with Gasteiger partial charge in [0.2, 0.25) is 0 Å². The molecule has 0 radical (unpaired) electrons. The molecule has 0 saturated heterocycles. The van der Waals surface area contributed by atoms with Crippen LogP contribution < -0.4 is 0 Å². The maximum Gasteiger partial charge on any atom is 0.303 e. The summed E-state index contributed by atoms with van der Waals surface area (Å²) in [5.41, 5.74) is 0. The van der Waals surface area contributed by atoms with E-state index in [1.807, 2.05) is 0 Å². The molecule has 0 spiro atoms. The zero-order valence-corrected chi connectivity index (χ0v) is 10.6. The number of allylic oxidation sites excluding steroid dienone is 2. The normalized spacial score (nSPS) is 11.1. The van der Waals surface area contributed by atoms with E-state index in [2.05, 4.69) is 19.1 Å². The van der Waals surface area contributed by atoms with E-state index in [0.717, 1.165) is 12.8 Å². The Labute approximate surface area is 99.7 Å². The number of unbranched alkanes of at least 4 members (excludes halogenated alkanes) is 8. The second-order valence-corrected chi connectivity index (χ2v) is 4.33. The minimum absolute atomic E-state index is 0.337.